The van der Waals surface area contributed by atoms with Crippen LogP contribution in [0.5, 0.6) is 0 Å². The van der Waals surface area contributed by atoms with E-state index >= 15 is 0 Å². The molecule has 0 unspecified atom stereocenters. The van der Waals surface area contributed by atoms with E-state index in [9.17, 15) is 8.42 Å². The van der Waals surface area contributed by atoms with Crippen molar-refractivity contribution in [3.05, 3.63) is 34.4 Å². The summed E-state index contributed by atoms with van der Waals surface area (Å²) in [5.41, 5.74) is 4.06. The SMILES string of the molecule is Cc1cc(C(C)(C)C)cc(C)c1CS(=O)(=O)Cl. The van der Waals surface area contributed by atoms with Crippen LogP contribution in [0, 0.1) is 13.8 Å². The first kappa shape index (κ1) is 14.5. The highest BCUT2D eigenvalue weighted by molar-refractivity contribution is 8.13. The predicted octanol–water partition coefficient (Wildman–Crippen LogP) is 3.67. The second-order valence-electron chi connectivity index (χ2n) is 5.52. The molecule has 1 rings (SSSR count). The van der Waals surface area contributed by atoms with E-state index in [2.05, 4.69) is 20.8 Å². The van der Waals surface area contributed by atoms with Crippen molar-refractivity contribution >= 4 is 19.7 Å². The van der Waals surface area contributed by atoms with Gasteiger partial charge in [-0.1, -0.05) is 32.9 Å². The average molecular weight is 275 g/mol. The standard InChI is InChI=1S/C13H19ClO2S/c1-9-6-11(13(3,4)5)7-10(2)12(9)8-17(14,15)16/h6-7H,8H2,1-5H3. The predicted molar refractivity (Wildman–Crippen MR) is 73.1 cm³/mol. The van der Waals surface area contributed by atoms with Gasteiger partial charge < -0.3 is 0 Å². The third-order valence-electron chi connectivity index (χ3n) is 2.88. The number of aryl methyl sites for hydroxylation is 2. The Hall–Kier alpha value is -0.540. The molecule has 2 nitrogen and oxygen atoms in total. The van der Waals surface area contributed by atoms with Crippen molar-refractivity contribution in [2.75, 3.05) is 0 Å². The van der Waals surface area contributed by atoms with Crippen LogP contribution in [0.2, 0.25) is 0 Å². The summed E-state index contributed by atoms with van der Waals surface area (Å²) in [6, 6.07) is 4.09. The molecule has 17 heavy (non-hydrogen) atoms. The molecule has 1 aromatic rings. The summed E-state index contributed by atoms with van der Waals surface area (Å²) in [5, 5.41) is 0. The molecule has 0 bridgehead atoms. The lowest BCUT2D eigenvalue weighted by Gasteiger charge is -2.22. The second kappa shape index (κ2) is 4.62. The summed E-state index contributed by atoms with van der Waals surface area (Å²) in [6.45, 7) is 10.3. The molecule has 96 valence electrons. The van der Waals surface area contributed by atoms with Gasteiger partial charge >= 0.3 is 0 Å². The van der Waals surface area contributed by atoms with E-state index in [1.807, 2.05) is 26.0 Å². The Morgan fingerprint density at radius 3 is 1.82 bits per heavy atom. The normalized spacial score (nSPS) is 12.8. The van der Waals surface area contributed by atoms with Crippen LogP contribution in [-0.2, 0) is 20.2 Å². The van der Waals surface area contributed by atoms with Crippen molar-refractivity contribution < 1.29 is 8.42 Å². The molecule has 0 aliphatic heterocycles. The van der Waals surface area contributed by atoms with Crippen LogP contribution in [0.1, 0.15) is 43.0 Å². The van der Waals surface area contributed by atoms with Crippen LogP contribution in [0.3, 0.4) is 0 Å². The first-order valence-electron chi connectivity index (χ1n) is 5.53. The van der Waals surface area contributed by atoms with Gasteiger partial charge in [-0.2, -0.15) is 0 Å². The molecule has 0 saturated carbocycles. The first-order chi connectivity index (χ1) is 7.50. The maximum absolute atomic E-state index is 11.2. The van der Waals surface area contributed by atoms with Gasteiger partial charge in [0.15, 0.2) is 0 Å². The third kappa shape index (κ3) is 4.00. The molecule has 1 aromatic carbocycles. The van der Waals surface area contributed by atoms with Crippen LogP contribution in [-0.4, -0.2) is 8.42 Å². The highest BCUT2D eigenvalue weighted by atomic mass is 35.7. The molecule has 0 aliphatic rings. The number of halogens is 1. The Morgan fingerprint density at radius 2 is 1.53 bits per heavy atom. The average Bonchev–Trinajstić information content (AvgIpc) is 2.07. The number of hydrogen-bond donors (Lipinski definition) is 0. The Balaban J connectivity index is 3.30. The second-order valence-corrected chi connectivity index (χ2v) is 8.30. The zero-order valence-electron chi connectivity index (χ0n) is 11.0. The van der Waals surface area contributed by atoms with E-state index in [0.29, 0.717) is 0 Å². The molecule has 0 heterocycles. The van der Waals surface area contributed by atoms with Crippen molar-refractivity contribution in [1.82, 2.24) is 0 Å². The van der Waals surface area contributed by atoms with Gasteiger partial charge in [-0.15, -0.1) is 0 Å². The minimum atomic E-state index is -3.50. The molecule has 0 spiro atoms. The molecule has 0 N–H and O–H groups in total. The molecule has 0 amide bonds. The molecule has 0 saturated heterocycles. The molecule has 0 fully saturated rings. The van der Waals surface area contributed by atoms with Gasteiger partial charge in [-0.25, -0.2) is 8.42 Å². The summed E-state index contributed by atoms with van der Waals surface area (Å²) in [6.07, 6.45) is 0. The Morgan fingerprint density at radius 1 is 1.12 bits per heavy atom. The van der Waals surface area contributed by atoms with Crippen molar-refractivity contribution in [1.29, 1.82) is 0 Å². The summed E-state index contributed by atoms with van der Waals surface area (Å²) >= 11 is 0. The third-order valence-corrected chi connectivity index (χ3v) is 3.84. The van der Waals surface area contributed by atoms with Gasteiger partial charge in [-0.05, 0) is 41.5 Å². The highest BCUT2D eigenvalue weighted by Gasteiger charge is 2.18. The van der Waals surface area contributed by atoms with Crippen LogP contribution >= 0.6 is 10.7 Å². The van der Waals surface area contributed by atoms with Gasteiger partial charge in [0.1, 0.15) is 0 Å². The largest absolute Gasteiger partial charge is 0.236 e. The number of rotatable bonds is 2. The van der Waals surface area contributed by atoms with Gasteiger partial charge in [0.05, 0.1) is 5.75 Å². The molecular formula is C13H19ClO2S. The van der Waals surface area contributed by atoms with E-state index in [0.717, 1.165) is 16.7 Å². The van der Waals surface area contributed by atoms with Crippen molar-refractivity contribution in [3.8, 4) is 0 Å². The summed E-state index contributed by atoms with van der Waals surface area (Å²) in [7, 11) is 1.82. The molecular weight excluding hydrogens is 256 g/mol. The van der Waals surface area contributed by atoms with Gasteiger partial charge in [-0.3, -0.25) is 0 Å². The minimum absolute atomic E-state index is 0.0634. The topological polar surface area (TPSA) is 34.1 Å². The first-order valence-corrected chi connectivity index (χ1v) is 8.01. The summed E-state index contributed by atoms with van der Waals surface area (Å²) < 4.78 is 22.3. The van der Waals surface area contributed by atoms with Crippen molar-refractivity contribution in [2.45, 2.75) is 45.8 Å². The lowest BCUT2D eigenvalue weighted by molar-refractivity contribution is 0.588. The van der Waals surface area contributed by atoms with E-state index in [-0.39, 0.29) is 11.2 Å². The zero-order valence-corrected chi connectivity index (χ0v) is 12.5. The minimum Gasteiger partial charge on any atom is -0.212 e. The van der Waals surface area contributed by atoms with Crippen molar-refractivity contribution in [3.63, 3.8) is 0 Å². The van der Waals surface area contributed by atoms with Crippen LogP contribution in [0.4, 0.5) is 0 Å². The quantitative estimate of drug-likeness (QED) is 0.771. The summed E-state index contributed by atoms with van der Waals surface area (Å²) in [5.74, 6) is -0.101. The van der Waals surface area contributed by atoms with Gasteiger partial charge in [0, 0.05) is 10.7 Å². The van der Waals surface area contributed by atoms with E-state index < -0.39 is 9.05 Å². The van der Waals surface area contributed by atoms with E-state index in [1.54, 1.807) is 0 Å². The number of hydrogen-bond acceptors (Lipinski definition) is 2. The molecule has 4 heteroatoms. The molecule has 0 radical (unpaired) electrons. The van der Waals surface area contributed by atoms with Gasteiger partial charge in [0.25, 0.3) is 0 Å². The molecule has 0 aromatic heterocycles. The van der Waals surface area contributed by atoms with Crippen LogP contribution in [0.15, 0.2) is 12.1 Å². The van der Waals surface area contributed by atoms with Crippen molar-refractivity contribution in [2.24, 2.45) is 0 Å². The fraction of sp³-hybridized carbons (Fsp3) is 0.538. The fourth-order valence-corrected chi connectivity index (χ4v) is 2.95. The maximum Gasteiger partial charge on any atom is 0.236 e. The maximum atomic E-state index is 11.2. The van der Waals surface area contributed by atoms with E-state index in [4.69, 9.17) is 10.7 Å². The molecule has 0 aliphatic carbocycles. The van der Waals surface area contributed by atoms with Crippen LogP contribution < -0.4 is 0 Å². The highest BCUT2D eigenvalue weighted by Crippen LogP contribution is 2.28. The Labute approximate surface area is 108 Å². The lowest BCUT2D eigenvalue weighted by Crippen LogP contribution is -2.13. The van der Waals surface area contributed by atoms with E-state index in [1.165, 1.54) is 5.56 Å². The zero-order chi connectivity index (χ0) is 13.4. The summed E-state index contributed by atoms with van der Waals surface area (Å²) in [4.78, 5) is 0. The van der Waals surface area contributed by atoms with Gasteiger partial charge in [0.2, 0.25) is 9.05 Å². The smallest absolute Gasteiger partial charge is 0.212 e. The monoisotopic (exact) mass is 274 g/mol. The van der Waals surface area contributed by atoms with Crippen LogP contribution in [0.25, 0.3) is 0 Å². The fourth-order valence-electron chi connectivity index (χ4n) is 1.83. The lowest BCUT2D eigenvalue weighted by atomic mass is 9.84. The Kier molecular flexibility index (Phi) is 3.94. The Bertz CT molecular complexity index is 502. The number of benzene rings is 1. The molecule has 0 atom stereocenters.